The van der Waals surface area contributed by atoms with Crippen LogP contribution in [0.4, 0.5) is 31.0 Å². The van der Waals surface area contributed by atoms with Crippen LogP contribution in [0.5, 0.6) is 11.5 Å². The zero-order chi connectivity index (χ0) is 27.2. The molecule has 0 radical (unpaired) electrons. The van der Waals surface area contributed by atoms with Crippen LogP contribution in [0.15, 0.2) is 12.3 Å². The quantitative estimate of drug-likeness (QED) is 0.377. The number of hydrogen-bond acceptors (Lipinski definition) is 7. The van der Waals surface area contributed by atoms with E-state index in [0.29, 0.717) is 23.9 Å². The molecule has 2 aliphatic rings. The van der Waals surface area contributed by atoms with Crippen molar-refractivity contribution in [2.24, 2.45) is 0 Å². The summed E-state index contributed by atoms with van der Waals surface area (Å²) in [5.41, 5.74) is 0.111. The van der Waals surface area contributed by atoms with Gasteiger partial charge in [-0.3, -0.25) is 9.80 Å². The Balaban J connectivity index is 1.61. The molecule has 208 valence electrons. The minimum absolute atomic E-state index is 0.0777. The van der Waals surface area contributed by atoms with Crippen molar-refractivity contribution in [2.75, 3.05) is 55.5 Å². The summed E-state index contributed by atoms with van der Waals surface area (Å²) in [5, 5.41) is 3.28. The fourth-order valence-electron chi connectivity index (χ4n) is 5.24. The van der Waals surface area contributed by atoms with Gasteiger partial charge in [0.25, 0.3) is 0 Å². The molecule has 2 aromatic rings. The van der Waals surface area contributed by atoms with Crippen LogP contribution in [0.1, 0.15) is 57.9 Å². The normalized spacial score (nSPS) is 15.8. The number of urea groups is 1. The SMILES string of the molecule is CCN(CC)CCCCNc1ncc2c(n1)N(C1CCCC1)C(=O)N(c1c(F)c(OC)cc(OC)c1F)C2. The predicted octanol–water partition coefficient (Wildman–Crippen LogP) is 5.20. The Bertz CT molecular complexity index is 1100. The van der Waals surface area contributed by atoms with Gasteiger partial charge in [-0.05, 0) is 45.3 Å². The van der Waals surface area contributed by atoms with Gasteiger partial charge in [-0.1, -0.05) is 26.7 Å². The summed E-state index contributed by atoms with van der Waals surface area (Å²) in [6.07, 6.45) is 7.20. The highest BCUT2D eigenvalue weighted by atomic mass is 19.1. The maximum absolute atomic E-state index is 15.4. The van der Waals surface area contributed by atoms with Crippen molar-refractivity contribution in [3.8, 4) is 11.5 Å². The summed E-state index contributed by atoms with van der Waals surface area (Å²) in [6.45, 7) is 8.08. The molecule has 1 aromatic heterocycles. The topological polar surface area (TPSA) is 83.1 Å². The Hall–Kier alpha value is -3.21. The molecule has 1 aliphatic heterocycles. The number of hydrogen-bond donors (Lipinski definition) is 1. The lowest BCUT2D eigenvalue weighted by atomic mass is 10.1. The van der Waals surface area contributed by atoms with E-state index < -0.39 is 23.4 Å². The summed E-state index contributed by atoms with van der Waals surface area (Å²) in [7, 11) is 2.56. The van der Waals surface area contributed by atoms with Crippen molar-refractivity contribution in [1.29, 1.82) is 0 Å². The number of halogens is 2. The van der Waals surface area contributed by atoms with Crippen LogP contribution in [0.2, 0.25) is 0 Å². The van der Waals surface area contributed by atoms with E-state index in [9.17, 15) is 4.79 Å². The Morgan fingerprint density at radius 1 is 1.08 bits per heavy atom. The molecule has 1 saturated carbocycles. The molecule has 2 amide bonds. The third kappa shape index (κ3) is 5.62. The number of carbonyl (C=O) groups is 1. The fraction of sp³-hybridized carbons (Fsp3) is 0.593. The van der Waals surface area contributed by atoms with Crippen LogP contribution in [0, 0.1) is 11.6 Å². The summed E-state index contributed by atoms with van der Waals surface area (Å²) in [5.74, 6) is -1.40. The number of nitrogens with zero attached hydrogens (tertiary/aromatic N) is 5. The lowest BCUT2D eigenvalue weighted by Gasteiger charge is -2.39. The molecule has 2 heterocycles. The number of anilines is 3. The molecule has 0 bridgehead atoms. The molecule has 0 atom stereocenters. The largest absolute Gasteiger partial charge is 0.493 e. The van der Waals surface area contributed by atoms with Crippen LogP contribution in [0.25, 0.3) is 0 Å². The minimum atomic E-state index is -0.960. The number of nitrogens with one attached hydrogen (secondary N) is 1. The second-order valence-corrected chi connectivity index (χ2v) is 9.64. The van der Waals surface area contributed by atoms with Gasteiger partial charge in [-0.15, -0.1) is 0 Å². The second kappa shape index (κ2) is 12.6. The Morgan fingerprint density at radius 3 is 2.34 bits per heavy atom. The highest BCUT2D eigenvalue weighted by molar-refractivity contribution is 6.06. The van der Waals surface area contributed by atoms with E-state index in [1.165, 1.54) is 14.2 Å². The molecular formula is C27H38F2N6O3. The third-order valence-electron chi connectivity index (χ3n) is 7.42. The van der Waals surface area contributed by atoms with Gasteiger partial charge in [0.1, 0.15) is 11.5 Å². The van der Waals surface area contributed by atoms with E-state index in [0.717, 1.165) is 69.1 Å². The number of rotatable bonds is 12. The summed E-state index contributed by atoms with van der Waals surface area (Å²) in [6, 6.07) is 0.495. The highest BCUT2D eigenvalue weighted by Gasteiger charge is 2.41. The second-order valence-electron chi connectivity index (χ2n) is 9.64. The van der Waals surface area contributed by atoms with E-state index in [4.69, 9.17) is 14.5 Å². The molecular weight excluding hydrogens is 494 g/mol. The zero-order valence-corrected chi connectivity index (χ0v) is 22.7. The lowest BCUT2D eigenvalue weighted by Crippen LogP contribution is -2.52. The predicted molar refractivity (Wildman–Crippen MR) is 143 cm³/mol. The lowest BCUT2D eigenvalue weighted by molar-refractivity contribution is 0.246. The van der Waals surface area contributed by atoms with Crippen molar-refractivity contribution in [1.82, 2.24) is 14.9 Å². The van der Waals surface area contributed by atoms with Crippen LogP contribution in [-0.2, 0) is 6.54 Å². The van der Waals surface area contributed by atoms with Crippen LogP contribution in [0.3, 0.4) is 0 Å². The van der Waals surface area contributed by atoms with Gasteiger partial charge in [-0.2, -0.15) is 4.98 Å². The number of amides is 2. The van der Waals surface area contributed by atoms with Gasteiger partial charge in [0.2, 0.25) is 5.95 Å². The van der Waals surface area contributed by atoms with Gasteiger partial charge in [0.05, 0.1) is 20.8 Å². The van der Waals surface area contributed by atoms with Crippen molar-refractivity contribution in [2.45, 2.75) is 65.0 Å². The number of benzene rings is 1. The monoisotopic (exact) mass is 532 g/mol. The maximum Gasteiger partial charge on any atom is 0.330 e. The van der Waals surface area contributed by atoms with Gasteiger partial charge >= 0.3 is 6.03 Å². The van der Waals surface area contributed by atoms with Crippen molar-refractivity contribution in [3.05, 3.63) is 29.5 Å². The minimum Gasteiger partial charge on any atom is -0.493 e. The average molecular weight is 533 g/mol. The number of aromatic nitrogens is 2. The summed E-state index contributed by atoms with van der Waals surface area (Å²) >= 11 is 0. The molecule has 4 rings (SSSR count). The molecule has 1 aliphatic carbocycles. The van der Waals surface area contributed by atoms with Gasteiger partial charge in [-0.25, -0.2) is 18.6 Å². The van der Waals surface area contributed by atoms with Crippen molar-refractivity contribution >= 4 is 23.5 Å². The first-order valence-electron chi connectivity index (χ1n) is 13.5. The van der Waals surface area contributed by atoms with E-state index in [1.54, 1.807) is 11.1 Å². The van der Waals surface area contributed by atoms with Crippen molar-refractivity contribution < 1.29 is 23.0 Å². The highest BCUT2D eigenvalue weighted by Crippen LogP contribution is 2.42. The van der Waals surface area contributed by atoms with E-state index in [2.05, 4.69) is 29.0 Å². The fourth-order valence-corrected chi connectivity index (χ4v) is 5.24. The first-order chi connectivity index (χ1) is 18.4. The molecule has 1 N–H and O–H groups in total. The molecule has 1 aromatic carbocycles. The van der Waals surface area contributed by atoms with Gasteiger partial charge in [0, 0.05) is 30.4 Å². The molecule has 0 spiro atoms. The molecule has 1 fully saturated rings. The number of carbonyl (C=O) groups excluding carboxylic acids is 1. The Kier molecular flexibility index (Phi) is 9.19. The zero-order valence-electron chi connectivity index (χ0n) is 22.7. The van der Waals surface area contributed by atoms with Crippen LogP contribution < -0.4 is 24.6 Å². The van der Waals surface area contributed by atoms with Crippen molar-refractivity contribution in [3.63, 3.8) is 0 Å². The molecule has 38 heavy (non-hydrogen) atoms. The molecule has 9 nitrogen and oxygen atoms in total. The summed E-state index contributed by atoms with van der Waals surface area (Å²) in [4.78, 5) is 28.1. The molecule has 0 unspecified atom stereocenters. The smallest absolute Gasteiger partial charge is 0.330 e. The molecule has 11 heteroatoms. The Morgan fingerprint density at radius 2 is 1.74 bits per heavy atom. The average Bonchev–Trinajstić information content (AvgIpc) is 3.46. The van der Waals surface area contributed by atoms with Gasteiger partial charge in [0.15, 0.2) is 23.1 Å². The third-order valence-corrected chi connectivity index (χ3v) is 7.42. The standard InChI is InChI=1S/C27H38F2N6O3/c1-5-33(6-2)14-10-9-13-30-26-31-16-18-17-34(24-22(28)20(37-3)15-21(38-4)23(24)29)27(36)35(25(18)32-26)19-11-7-8-12-19/h15-16,19H,5-14,17H2,1-4H3,(H,30,31,32). The number of fused-ring (bicyclic) bond motifs is 1. The first kappa shape index (κ1) is 27.8. The number of unbranched alkanes of at least 4 members (excludes halogenated alkanes) is 1. The molecule has 0 saturated heterocycles. The Labute approximate surface area is 223 Å². The van der Waals surface area contributed by atoms with E-state index in [-0.39, 0.29) is 24.1 Å². The van der Waals surface area contributed by atoms with Crippen LogP contribution in [-0.4, -0.2) is 67.3 Å². The van der Waals surface area contributed by atoms with E-state index in [1.807, 2.05) is 0 Å². The first-order valence-corrected chi connectivity index (χ1v) is 13.5. The number of methoxy groups -OCH3 is 2. The van der Waals surface area contributed by atoms with E-state index >= 15 is 8.78 Å². The van der Waals surface area contributed by atoms with Crippen LogP contribution >= 0.6 is 0 Å². The summed E-state index contributed by atoms with van der Waals surface area (Å²) < 4.78 is 40.9. The number of ether oxygens (including phenoxy) is 2. The van der Waals surface area contributed by atoms with Gasteiger partial charge < -0.3 is 19.7 Å². The maximum atomic E-state index is 15.4.